The van der Waals surface area contributed by atoms with Gasteiger partial charge >= 0.3 is 11.6 Å². The molecule has 6 nitrogen and oxygen atoms in total. The summed E-state index contributed by atoms with van der Waals surface area (Å²) in [6, 6.07) is 5.47. The van der Waals surface area contributed by atoms with Crippen LogP contribution in [0.3, 0.4) is 0 Å². The summed E-state index contributed by atoms with van der Waals surface area (Å²) < 4.78 is 22.5. The molecule has 0 radical (unpaired) electrons. The second-order valence-electron chi connectivity index (χ2n) is 10.8. The summed E-state index contributed by atoms with van der Waals surface area (Å²) in [7, 11) is 1.70. The zero-order valence-electron chi connectivity index (χ0n) is 25.9. The number of allylic oxidation sites excluding steroid dienone is 6. The summed E-state index contributed by atoms with van der Waals surface area (Å²) in [4.78, 5) is 24.5. The van der Waals surface area contributed by atoms with Crippen LogP contribution in [0.15, 0.2) is 73.4 Å². The summed E-state index contributed by atoms with van der Waals surface area (Å²) >= 11 is 0. The Labute approximate surface area is 246 Å². The molecule has 0 aliphatic carbocycles. The Bertz CT molecular complexity index is 1870. The smallest absolute Gasteiger partial charge is 0.336 e. The lowest BCUT2D eigenvalue weighted by atomic mass is 9.96. The third-order valence-electron chi connectivity index (χ3n) is 7.69. The van der Waals surface area contributed by atoms with E-state index in [1.165, 1.54) is 23.3 Å². The normalized spacial score (nSPS) is 12.8. The van der Waals surface area contributed by atoms with Crippen LogP contribution >= 0.6 is 0 Å². The highest BCUT2D eigenvalue weighted by Gasteiger charge is 2.18. The number of benzene rings is 2. The molecule has 0 amide bonds. The van der Waals surface area contributed by atoms with E-state index in [2.05, 4.69) is 39.0 Å². The van der Waals surface area contributed by atoms with E-state index in [1.807, 2.05) is 58.9 Å². The quantitative estimate of drug-likeness (QED) is 0.0920. The number of esters is 1. The van der Waals surface area contributed by atoms with E-state index in [0.717, 1.165) is 55.5 Å². The van der Waals surface area contributed by atoms with Crippen molar-refractivity contribution in [1.82, 2.24) is 0 Å². The first-order valence-corrected chi connectivity index (χ1v) is 13.9. The number of carbonyl (C=O) groups excluding carboxylic acids is 1. The van der Waals surface area contributed by atoms with Crippen molar-refractivity contribution in [3.8, 4) is 5.75 Å². The van der Waals surface area contributed by atoms with Crippen molar-refractivity contribution in [2.75, 3.05) is 7.11 Å². The van der Waals surface area contributed by atoms with E-state index >= 15 is 0 Å². The first kappa shape index (κ1) is 30.4. The third kappa shape index (κ3) is 6.33. The fraction of sp³-hybridized carbons (Fsp3) is 0.278. The van der Waals surface area contributed by atoms with E-state index in [1.54, 1.807) is 7.11 Å². The molecule has 0 unspecified atom stereocenters. The molecule has 218 valence electrons. The zero-order valence-corrected chi connectivity index (χ0v) is 25.9. The minimum absolute atomic E-state index is 0.0689. The largest absolute Gasteiger partial charge is 0.496 e. The van der Waals surface area contributed by atoms with Crippen molar-refractivity contribution < 1.29 is 23.1 Å². The van der Waals surface area contributed by atoms with Gasteiger partial charge in [0, 0.05) is 34.0 Å². The molecule has 4 rings (SSSR count). The van der Waals surface area contributed by atoms with Gasteiger partial charge in [-0.3, -0.25) is 0 Å². The summed E-state index contributed by atoms with van der Waals surface area (Å²) in [6.07, 6.45) is 11.5. The van der Waals surface area contributed by atoms with Gasteiger partial charge in [0.2, 0.25) is 0 Å². The molecule has 0 saturated carbocycles. The highest BCUT2D eigenvalue weighted by Crippen LogP contribution is 2.34. The summed E-state index contributed by atoms with van der Waals surface area (Å²) in [6.45, 7) is 15.8. The van der Waals surface area contributed by atoms with Gasteiger partial charge in [-0.2, -0.15) is 0 Å². The van der Waals surface area contributed by atoms with Gasteiger partial charge in [0.1, 0.15) is 29.3 Å². The molecule has 0 spiro atoms. The van der Waals surface area contributed by atoms with Crippen LogP contribution in [-0.4, -0.2) is 13.1 Å². The van der Waals surface area contributed by atoms with E-state index in [-0.39, 0.29) is 6.61 Å². The van der Waals surface area contributed by atoms with E-state index in [9.17, 15) is 9.59 Å². The average molecular weight is 567 g/mol. The molecule has 2 aromatic carbocycles. The van der Waals surface area contributed by atoms with Gasteiger partial charge in [0.05, 0.1) is 7.11 Å². The lowest BCUT2D eigenvalue weighted by Crippen LogP contribution is -2.02. The highest BCUT2D eigenvalue weighted by molar-refractivity contribution is 6.00. The van der Waals surface area contributed by atoms with Crippen LogP contribution < -0.4 is 10.4 Å². The Kier molecular flexibility index (Phi) is 9.05. The van der Waals surface area contributed by atoms with Crippen LogP contribution in [0.4, 0.5) is 0 Å². The van der Waals surface area contributed by atoms with Crippen LogP contribution in [0, 0.1) is 41.5 Å². The Balaban J connectivity index is 1.44. The number of carbonyl (C=O) groups is 1. The van der Waals surface area contributed by atoms with Crippen LogP contribution in [0.2, 0.25) is 0 Å². The molecule has 2 aromatic heterocycles. The van der Waals surface area contributed by atoms with Crippen molar-refractivity contribution in [1.29, 1.82) is 0 Å². The Morgan fingerprint density at radius 1 is 0.833 bits per heavy atom. The van der Waals surface area contributed by atoms with Gasteiger partial charge < -0.3 is 18.3 Å². The summed E-state index contributed by atoms with van der Waals surface area (Å²) in [5.74, 6) is 1.12. The number of hydrogen-bond donors (Lipinski definition) is 0. The third-order valence-corrected chi connectivity index (χ3v) is 7.69. The average Bonchev–Trinajstić information content (AvgIpc) is 3.25. The molecular formula is C36H38O6. The molecule has 0 atom stereocenters. The van der Waals surface area contributed by atoms with Crippen LogP contribution in [-0.2, 0) is 16.1 Å². The lowest BCUT2D eigenvalue weighted by molar-refractivity contribution is -0.139. The molecule has 0 fully saturated rings. The number of methoxy groups -OCH3 is 1. The number of hydrogen-bond acceptors (Lipinski definition) is 6. The Hall–Kier alpha value is -4.58. The first-order valence-electron chi connectivity index (χ1n) is 13.9. The second-order valence-corrected chi connectivity index (χ2v) is 10.8. The topological polar surface area (TPSA) is 78.9 Å². The predicted molar refractivity (Wildman–Crippen MR) is 169 cm³/mol. The summed E-state index contributed by atoms with van der Waals surface area (Å²) in [5, 5.41) is 1.67. The first-order chi connectivity index (χ1) is 19.9. The van der Waals surface area contributed by atoms with Gasteiger partial charge in [-0.15, -0.1) is 0 Å². The van der Waals surface area contributed by atoms with Crippen LogP contribution in [0.1, 0.15) is 58.6 Å². The Morgan fingerprint density at radius 3 is 2.26 bits per heavy atom. The molecule has 0 bridgehead atoms. The maximum absolute atomic E-state index is 12.6. The van der Waals surface area contributed by atoms with Crippen molar-refractivity contribution >= 4 is 34.0 Å². The number of fused-ring (bicyclic) bond motifs is 2. The fourth-order valence-corrected chi connectivity index (χ4v) is 5.11. The number of ether oxygens (including phenoxy) is 2. The van der Waals surface area contributed by atoms with Crippen molar-refractivity contribution in [2.24, 2.45) is 0 Å². The Morgan fingerprint density at radius 2 is 1.55 bits per heavy atom. The molecular weight excluding hydrogens is 528 g/mol. The van der Waals surface area contributed by atoms with Gasteiger partial charge in [0.25, 0.3) is 0 Å². The lowest BCUT2D eigenvalue weighted by Gasteiger charge is -2.13. The molecule has 42 heavy (non-hydrogen) atoms. The maximum atomic E-state index is 12.6. The number of aryl methyl sites for hydroxylation is 4. The van der Waals surface area contributed by atoms with E-state index in [4.69, 9.17) is 18.3 Å². The van der Waals surface area contributed by atoms with Crippen molar-refractivity contribution in [2.45, 2.75) is 62.0 Å². The van der Waals surface area contributed by atoms with Crippen molar-refractivity contribution in [3.63, 3.8) is 0 Å². The minimum Gasteiger partial charge on any atom is -0.496 e. The monoisotopic (exact) mass is 566 g/mol. The van der Waals surface area contributed by atoms with Crippen molar-refractivity contribution in [3.05, 3.63) is 115 Å². The van der Waals surface area contributed by atoms with Crippen LogP contribution in [0.5, 0.6) is 5.75 Å². The molecule has 4 aromatic rings. The zero-order chi connectivity index (χ0) is 30.7. The summed E-state index contributed by atoms with van der Waals surface area (Å²) in [5.41, 5.74) is 9.63. The molecule has 0 saturated heterocycles. The fourth-order valence-electron chi connectivity index (χ4n) is 5.11. The highest BCUT2D eigenvalue weighted by atomic mass is 16.5. The van der Waals surface area contributed by atoms with Gasteiger partial charge in [0.15, 0.2) is 0 Å². The van der Waals surface area contributed by atoms with Gasteiger partial charge in [-0.25, -0.2) is 9.59 Å². The molecule has 6 heteroatoms. The maximum Gasteiger partial charge on any atom is 0.336 e. The van der Waals surface area contributed by atoms with Crippen LogP contribution in [0.25, 0.3) is 28.0 Å². The molecule has 2 heterocycles. The van der Waals surface area contributed by atoms with E-state index < -0.39 is 11.6 Å². The number of rotatable bonds is 8. The SMILES string of the molecule is COc1cc(C)c(/C=C/C(C)=C/C=C/C(C)=C/C(=O)OCc2c(C)oc3c(C)c4oc(=O)cc(C)c4cc23)c(C)c1C. The molecule has 0 N–H and O–H groups in total. The van der Waals surface area contributed by atoms with Gasteiger partial charge in [-0.1, -0.05) is 36.0 Å². The second kappa shape index (κ2) is 12.5. The van der Waals surface area contributed by atoms with E-state index in [0.29, 0.717) is 16.9 Å². The number of furan rings is 1. The molecule has 0 aliphatic rings. The molecule has 0 aliphatic heterocycles. The minimum atomic E-state index is -0.438. The standard InChI is InChI=1S/C36H38O6/c1-20(13-14-28-22(3)16-32(39-9)25(6)24(28)5)11-10-12-21(2)15-33(37)40-19-31-27(8)41-36-26(7)35-29(18-30(31)36)23(4)17-34(38)42-35/h10-18H,19H2,1-9H3/b12-10+,14-13+,20-11+,21-15+. The van der Waals surface area contributed by atoms with Gasteiger partial charge in [-0.05, 0) is 101 Å². The predicted octanol–water partition coefficient (Wildman–Crippen LogP) is 8.60.